The van der Waals surface area contributed by atoms with Gasteiger partial charge in [-0.25, -0.2) is 0 Å². The Kier molecular flexibility index (Phi) is 4.00. The second-order valence-corrected chi connectivity index (χ2v) is 5.57. The second-order valence-electron chi connectivity index (χ2n) is 5.57. The number of furan rings is 1. The summed E-state index contributed by atoms with van der Waals surface area (Å²) in [6.45, 7) is 1.97. The third kappa shape index (κ3) is 2.77. The van der Waals surface area contributed by atoms with E-state index < -0.39 is 6.04 Å². The van der Waals surface area contributed by atoms with E-state index in [4.69, 9.17) is 10.2 Å². The van der Waals surface area contributed by atoms with Crippen molar-refractivity contribution in [2.24, 2.45) is 0 Å². The summed E-state index contributed by atoms with van der Waals surface area (Å²) in [4.78, 5) is 13.3. The van der Waals surface area contributed by atoms with E-state index in [1.807, 2.05) is 6.07 Å². The smallest absolute Gasteiger partial charge is 0.294 e. The molecule has 6 heteroatoms. The Hall–Kier alpha value is -2.50. The van der Waals surface area contributed by atoms with Crippen LogP contribution in [0.1, 0.15) is 36.6 Å². The molecule has 0 aliphatic carbocycles. The Morgan fingerprint density at radius 1 is 1.23 bits per heavy atom. The van der Waals surface area contributed by atoms with Crippen LogP contribution in [0.15, 0.2) is 41.0 Å². The van der Waals surface area contributed by atoms with Crippen molar-refractivity contribution >= 4 is 11.4 Å². The topological polar surface area (TPSA) is 85.5 Å². The first-order valence-electron chi connectivity index (χ1n) is 7.48. The number of hydrogen-bond acceptors (Lipinski definition) is 5. The molecule has 2 aromatic rings. The van der Waals surface area contributed by atoms with Crippen LogP contribution in [-0.4, -0.2) is 18.0 Å². The van der Waals surface area contributed by atoms with E-state index in [1.165, 1.54) is 12.7 Å². The van der Waals surface area contributed by atoms with Crippen LogP contribution in [-0.2, 0) is 0 Å². The van der Waals surface area contributed by atoms with Gasteiger partial charge in [-0.05, 0) is 49.6 Å². The van der Waals surface area contributed by atoms with Gasteiger partial charge in [-0.15, -0.1) is 0 Å². The summed E-state index contributed by atoms with van der Waals surface area (Å²) in [5.41, 5.74) is 8.23. The van der Waals surface area contributed by atoms with Gasteiger partial charge >= 0.3 is 0 Å². The van der Waals surface area contributed by atoms with Gasteiger partial charge in [0.2, 0.25) is 0 Å². The van der Waals surface area contributed by atoms with E-state index in [2.05, 4.69) is 4.90 Å². The molecule has 1 aromatic heterocycles. The number of hydrogen-bond donors (Lipinski definition) is 1. The molecule has 6 nitrogen and oxygen atoms in total. The van der Waals surface area contributed by atoms with Gasteiger partial charge < -0.3 is 15.1 Å². The lowest BCUT2D eigenvalue weighted by molar-refractivity contribution is -0.520. The third-order valence-electron chi connectivity index (χ3n) is 4.09. The van der Waals surface area contributed by atoms with Crippen LogP contribution in [0.2, 0.25) is 0 Å². The highest BCUT2D eigenvalue weighted by Crippen LogP contribution is 2.32. The summed E-state index contributed by atoms with van der Waals surface area (Å²) in [5, 5.41) is 11.4. The summed E-state index contributed by atoms with van der Waals surface area (Å²) in [6.07, 6.45) is 5.00. The maximum Gasteiger partial charge on any atom is 0.294 e. The first kappa shape index (κ1) is 14.4. The standard InChI is InChI=1S/C16H19N3O3/c17-13-11-12(16(19(20)21)15-5-4-10-22-15)6-7-14(13)18-8-2-1-3-9-18/h4-7,10-11,16H,1-3,8-9,17H2. The van der Waals surface area contributed by atoms with Gasteiger partial charge in [0.1, 0.15) is 0 Å². The maximum absolute atomic E-state index is 11.4. The highest BCUT2D eigenvalue weighted by atomic mass is 16.6. The zero-order valence-corrected chi connectivity index (χ0v) is 12.3. The number of anilines is 2. The zero-order valence-electron chi connectivity index (χ0n) is 12.3. The average molecular weight is 301 g/mol. The van der Waals surface area contributed by atoms with Gasteiger partial charge in [0, 0.05) is 23.6 Å². The number of nitrogens with two attached hydrogens (primary N) is 1. The number of nitro groups is 1. The van der Waals surface area contributed by atoms with Crippen molar-refractivity contribution < 1.29 is 9.34 Å². The molecule has 0 radical (unpaired) electrons. The van der Waals surface area contributed by atoms with Crippen molar-refractivity contribution in [2.75, 3.05) is 23.7 Å². The lowest BCUT2D eigenvalue weighted by atomic mass is 10.0. The minimum Gasteiger partial charge on any atom is -0.462 e. The summed E-state index contributed by atoms with van der Waals surface area (Å²) in [5.74, 6) is 0.315. The Morgan fingerprint density at radius 3 is 2.59 bits per heavy atom. The van der Waals surface area contributed by atoms with E-state index in [1.54, 1.807) is 24.3 Å². The first-order valence-corrected chi connectivity index (χ1v) is 7.48. The molecule has 2 heterocycles. The number of nitrogens with zero attached hydrogens (tertiary/aromatic N) is 2. The minimum atomic E-state index is -1.02. The van der Waals surface area contributed by atoms with Crippen molar-refractivity contribution in [3.63, 3.8) is 0 Å². The van der Waals surface area contributed by atoms with E-state index in [0.717, 1.165) is 31.6 Å². The molecular weight excluding hydrogens is 282 g/mol. The Bertz CT molecular complexity index is 649. The number of rotatable bonds is 4. The number of benzene rings is 1. The molecule has 1 atom stereocenters. The largest absolute Gasteiger partial charge is 0.462 e. The molecule has 3 rings (SSSR count). The van der Waals surface area contributed by atoms with Crippen molar-refractivity contribution in [1.29, 1.82) is 0 Å². The quantitative estimate of drug-likeness (QED) is 0.532. The van der Waals surface area contributed by atoms with Crippen LogP contribution in [0.3, 0.4) is 0 Å². The maximum atomic E-state index is 11.4. The molecule has 0 spiro atoms. The molecule has 0 amide bonds. The lowest BCUT2D eigenvalue weighted by Crippen LogP contribution is -2.30. The second kappa shape index (κ2) is 6.09. The molecule has 0 bridgehead atoms. The molecule has 1 fully saturated rings. The van der Waals surface area contributed by atoms with Crippen LogP contribution in [0.5, 0.6) is 0 Å². The number of nitrogen functional groups attached to an aromatic ring is 1. The minimum absolute atomic E-state index is 0.315. The summed E-state index contributed by atoms with van der Waals surface area (Å²) >= 11 is 0. The Balaban J connectivity index is 1.91. The van der Waals surface area contributed by atoms with Crippen molar-refractivity contribution in [1.82, 2.24) is 0 Å². The highest BCUT2D eigenvalue weighted by molar-refractivity contribution is 5.69. The van der Waals surface area contributed by atoms with Gasteiger partial charge in [0.25, 0.3) is 6.04 Å². The number of piperidine rings is 1. The Morgan fingerprint density at radius 2 is 2.00 bits per heavy atom. The molecule has 22 heavy (non-hydrogen) atoms. The molecule has 1 aliphatic rings. The molecule has 1 aliphatic heterocycles. The average Bonchev–Trinajstić information content (AvgIpc) is 3.02. The van der Waals surface area contributed by atoms with E-state index in [0.29, 0.717) is 17.0 Å². The summed E-state index contributed by atoms with van der Waals surface area (Å²) in [6, 6.07) is 7.60. The predicted molar refractivity (Wildman–Crippen MR) is 84.5 cm³/mol. The zero-order chi connectivity index (χ0) is 15.5. The van der Waals surface area contributed by atoms with Gasteiger partial charge in [0.05, 0.1) is 17.6 Å². The fourth-order valence-corrected chi connectivity index (χ4v) is 3.00. The van der Waals surface area contributed by atoms with Crippen LogP contribution in [0.25, 0.3) is 0 Å². The van der Waals surface area contributed by atoms with E-state index in [-0.39, 0.29) is 4.92 Å². The molecular formula is C16H19N3O3. The fraction of sp³-hybridized carbons (Fsp3) is 0.375. The molecule has 1 aromatic carbocycles. The van der Waals surface area contributed by atoms with Crippen LogP contribution in [0, 0.1) is 10.1 Å². The van der Waals surface area contributed by atoms with Crippen molar-refractivity contribution in [3.8, 4) is 0 Å². The highest BCUT2D eigenvalue weighted by Gasteiger charge is 2.29. The first-order chi connectivity index (χ1) is 10.7. The molecule has 1 unspecified atom stereocenters. The van der Waals surface area contributed by atoms with Gasteiger partial charge in [-0.2, -0.15) is 0 Å². The lowest BCUT2D eigenvalue weighted by Gasteiger charge is -2.30. The SMILES string of the molecule is Nc1cc(C(c2ccco2)[N+](=O)[O-])ccc1N1CCCCC1. The van der Waals surface area contributed by atoms with E-state index in [9.17, 15) is 10.1 Å². The van der Waals surface area contributed by atoms with Crippen LogP contribution < -0.4 is 10.6 Å². The van der Waals surface area contributed by atoms with Gasteiger partial charge in [-0.3, -0.25) is 10.1 Å². The fourth-order valence-electron chi connectivity index (χ4n) is 3.00. The molecule has 1 saturated heterocycles. The summed E-state index contributed by atoms with van der Waals surface area (Å²) < 4.78 is 5.20. The normalized spacial score (nSPS) is 16.5. The third-order valence-corrected chi connectivity index (χ3v) is 4.09. The molecule has 116 valence electrons. The molecule has 0 saturated carbocycles. The van der Waals surface area contributed by atoms with Crippen LogP contribution in [0.4, 0.5) is 11.4 Å². The van der Waals surface area contributed by atoms with E-state index >= 15 is 0 Å². The van der Waals surface area contributed by atoms with Gasteiger partial charge in [-0.1, -0.05) is 0 Å². The van der Waals surface area contributed by atoms with Crippen molar-refractivity contribution in [3.05, 3.63) is 58.0 Å². The molecule has 2 N–H and O–H groups in total. The van der Waals surface area contributed by atoms with Gasteiger partial charge in [0.15, 0.2) is 5.76 Å². The van der Waals surface area contributed by atoms with Crippen molar-refractivity contribution in [2.45, 2.75) is 25.3 Å². The predicted octanol–water partition coefficient (Wildman–Crippen LogP) is 3.22. The monoisotopic (exact) mass is 301 g/mol. The Labute approximate surface area is 128 Å². The summed E-state index contributed by atoms with van der Waals surface area (Å²) in [7, 11) is 0. The van der Waals surface area contributed by atoms with Crippen LogP contribution >= 0.6 is 0 Å².